The van der Waals surface area contributed by atoms with Crippen molar-refractivity contribution in [3.05, 3.63) is 16.1 Å². The Kier molecular flexibility index (Phi) is 7.65. The third kappa shape index (κ3) is 6.57. The van der Waals surface area contributed by atoms with Crippen molar-refractivity contribution >= 4 is 23.2 Å². The summed E-state index contributed by atoms with van der Waals surface area (Å²) in [6.45, 7) is 5.25. The predicted molar refractivity (Wildman–Crippen MR) is 95.9 cm³/mol. The number of thiazole rings is 1. The molecule has 2 rings (SSSR count). The van der Waals surface area contributed by atoms with Crippen LogP contribution in [0.1, 0.15) is 42.8 Å². The summed E-state index contributed by atoms with van der Waals surface area (Å²) in [6.07, 6.45) is 4.74. The van der Waals surface area contributed by atoms with Crippen LogP contribution in [-0.4, -0.2) is 59.8 Å². The van der Waals surface area contributed by atoms with Crippen LogP contribution in [0, 0.1) is 6.92 Å². The van der Waals surface area contributed by atoms with Gasteiger partial charge in [0.15, 0.2) is 0 Å². The quantitative estimate of drug-likeness (QED) is 0.725. The van der Waals surface area contributed by atoms with Gasteiger partial charge in [-0.15, -0.1) is 11.3 Å². The molecule has 1 aromatic rings. The number of hydrogen-bond acceptors (Lipinski definition) is 5. The maximum atomic E-state index is 12.0. The van der Waals surface area contributed by atoms with Crippen LogP contribution in [0.4, 0.5) is 0 Å². The number of hydrogen-bond donors (Lipinski definition) is 1. The van der Waals surface area contributed by atoms with E-state index in [2.05, 4.69) is 10.3 Å². The van der Waals surface area contributed by atoms with Crippen LogP contribution in [-0.2, 0) is 16.1 Å². The fourth-order valence-electron chi connectivity index (χ4n) is 2.89. The van der Waals surface area contributed by atoms with E-state index in [1.165, 1.54) is 0 Å². The lowest BCUT2D eigenvalue weighted by Gasteiger charge is -2.20. The molecule has 1 aliphatic heterocycles. The molecule has 2 amide bonds. The fourth-order valence-corrected chi connectivity index (χ4v) is 3.49. The van der Waals surface area contributed by atoms with Crippen LogP contribution < -0.4 is 5.32 Å². The first-order valence-electron chi connectivity index (χ1n) is 8.68. The summed E-state index contributed by atoms with van der Waals surface area (Å²) in [4.78, 5) is 32.2. The molecule has 0 aliphatic carbocycles. The smallest absolute Gasteiger partial charge is 0.234 e. The second kappa shape index (κ2) is 9.74. The summed E-state index contributed by atoms with van der Waals surface area (Å²) < 4.78 is 0. The Morgan fingerprint density at radius 1 is 1.42 bits per heavy atom. The summed E-state index contributed by atoms with van der Waals surface area (Å²) >= 11 is 1.63. The molecule has 1 aliphatic rings. The average Bonchev–Trinajstić information content (AvgIpc) is 2.81. The molecule has 6 nitrogen and oxygen atoms in total. The number of rotatable bonds is 8. The van der Waals surface area contributed by atoms with E-state index in [0.717, 1.165) is 49.5 Å². The van der Waals surface area contributed by atoms with Crippen LogP contribution in [0.5, 0.6) is 0 Å². The standard InChI is InChI=1S/C17H28N4O2S/c1-14-19-15(13-24-14)11-20(2)12-16(22)18-8-6-10-21-9-5-3-4-7-17(21)23/h13H,3-12H2,1-2H3,(H,18,22). The summed E-state index contributed by atoms with van der Waals surface area (Å²) in [7, 11) is 1.92. The summed E-state index contributed by atoms with van der Waals surface area (Å²) in [5.41, 5.74) is 1.01. The number of aryl methyl sites for hydroxylation is 1. The van der Waals surface area contributed by atoms with E-state index in [1.807, 2.05) is 29.2 Å². The van der Waals surface area contributed by atoms with Crippen molar-refractivity contribution in [1.82, 2.24) is 20.1 Å². The van der Waals surface area contributed by atoms with E-state index in [4.69, 9.17) is 0 Å². The van der Waals surface area contributed by atoms with Crippen LogP contribution in [0.3, 0.4) is 0 Å². The van der Waals surface area contributed by atoms with Gasteiger partial charge in [-0.25, -0.2) is 4.98 Å². The molecule has 134 valence electrons. The number of nitrogens with one attached hydrogen (secondary N) is 1. The van der Waals surface area contributed by atoms with Crippen LogP contribution in [0.15, 0.2) is 5.38 Å². The Balaban J connectivity index is 1.59. The molecule has 1 saturated heterocycles. The van der Waals surface area contributed by atoms with E-state index in [1.54, 1.807) is 11.3 Å². The molecule has 0 aromatic carbocycles. The molecular weight excluding hydrogens is 324 g/mol. The lowest BCUT2D eigenvalue weighted by Crippen LogP contribution is -2.37. The van der Waals surface area contributed by atoms with Gasteiger partial charge in [0.25, 0.3) is 0 Å². The second-order valence-corrected chi connectivity index (χ2v) is 7.49. The topological polar surface area (TPSA) is 65.5 Å². The molecular formula is C17H28N4O2S. The predicted octanol–water partition coefficient (Wildman–Crippen LogP) is 1.79. The maximum absolute atomic E-state index is 12.0. The van der Waals surface area contributed by atoms with Gasteiger partial charge in [-0.3, -0.25) is 14.5 Å². The highest BCUT2D eigenvalue weighted by Gasteiger charge is 2.16. The molecule has 0 spiro atoms. The monoisotopic (exact) mass is 352 g/mol. The number of carbonyl (C=O) groups is 2. The molecule has 2 heterocycles. The van der Waals surface area contributed by atoms with E-state index in [9.17, 15) is 9.59 Å². The number of amides is 2. The highest BCUT2D eigenvalue weighted by molar-refractivity contribution is 7.09. The largest absolute Gasteiger partial charge is 0.355 e. The highest BCUT2D eigenvalue weighted by Crippen LogP contribution is 2.11. The van der Waals surface area contributed by atoms with Gasteiger partial charge < -0.3 is 10.2 Å². The van der Waals surface area contributed by atoms with Gasteiger partial charge >= 0.3 is 0 Å². The van der Waals surface area contributed by atoms with E-state index >= 15 is 0 Å². The molecule has 1 aromatic heterocycles. The van der Waals surface area contributed by atoms with Crippen LogP contribution in [0.25, 0.3) is 0 Å². The van der Waals surface area contributed by atoms with Gasteiger partial charge in [0.2, 0.25) is 11.8 Å². The Labute approximate surface area is 148 Å². The zero-order chi connectivity index (χ0) is 17.4. The van der Waals surface area contributed by atoms with E-state index < -0.39 is 0 Å². The zero-order valence-electron chi connectivity index (χ0n) is 14.7. The highest BCUT2D eigenvalue weighted by atomic mass is 32.1. The van der Waals surface area contributed by atoms with Crippen molar-refractivity contribution < 1.29 is 9.59 Å². The lowest BCUT2D eigenvalue weighted by molar-refractivity contribution is -0.130. The van der Waals surface area contributed by atoms with Crippen LogP contribution >= 0.6 is 11.3 Å². The van der Waals surface area contributed by atoms with Crippen LogP contribution in [0.2, 0.25) is 0 Å². The minimum atomic E-state index is 0.0200. The van der Waals surface area contributed by atoms with Gasteiger partial charge in [-0.2, -0.15) is 0 Å². The minimum Gasteiger partial charge on any atom is -0.355 e. The van der Waals surface area contributed by atoms with Crippen molar-refractivity contribution in [2.75, 3.05) is 33.2 Å². The maximum Gasteiger partial charge on any atom is 0.234 e. The summed E-state index contributed by atoms with van der Waals surface area (Å²) in [5.74, 6) is 0.281. The van der Waals surface area contributed by atoms with Gasteiger partial charge in [0.05, 0.1) is 17.2 Å². The molecule has 0 bridgehead atoms. The van der Waals surface area contributed by atoms with Gasteiger partial charge in [0, 0.05) is 38.0 Å². The third-order valence-corrected chi connectivity index (χ3v) is 4.93. The summed E-state index contributed by atoms with van der Waals surface area (Å²) in [6, 6.07) is 0. The molecule has 0 saturated carbocycles. The third-order valence-electron chi connectivity index (χ3n) is 4.11. The lowest BCUT2D eigenvalue weighted by atomic mass is 10.2. The number of carbonyl (C=O) groups excluding carboxylic acids is 2. The zero-order valence-corrected chi connectivity index (χ0v) is 15.5. The first kappa shape index (κ1) is 18.9. The number of likely N-dealkylation sites (N-methyl/N-ethyl adjacent to an activating group) is 1. The minimum absolute atomic E-state index is 0.0200. The van der Waals surface area contributed by atoms with Crippen molar-refractivity contribution in [2.45, 2.75) is 45.6 Å². The molecule has 1 fully saturated rings. The Morgan fingerprint density at radius 2 is 2.25 bits per heavy atom. The van der Waals surface area contributed by atoms with Gasteiger partial charge in [-0.1, -0.05) is 6.42 Å². The number of nitrogens with zero attached hydrogens (tertiary/aromatic N) is 3. The van der Waals surface area contributed by atoms with Gasteiger partial charge in [-0.05, 0) is 33.2 Å². The number of likely N-dealkylation sites (tertiary alicyclic amines) is 1. The van der Waals surface area contributed by atoms with Crippen molar-refractivity contribution in [2.24, 2.45) is 0 Å². The summed E-state index contributed by atoms with van der Waals surface area (Å²) in [5, 5.41) is 6.02. The number of aromatic nitrogens is 1. The van der Waals surface area contributed by atoms with E-state index in [0.29, 0.717) is 26.1 Å². The molecule has 0 radical (unpaired) electrons. The SMILES string of the molecule is Cc1nc(CN(C)CC(=O)NCCCN2CCCCCC2=O)cs1. The molecule has 7 heteroatoms. The molecule has 0 atom stereocenters. The molecule has 24 heavy (non-hydrogen) atoms. The average molecular weight is 353 g/mol. The molecule has 0 unspecified atom stereocenters. The Hall–Kier alpha value is -1.47. The normalized spacial score (nSPS) is 15.6. The first-order valence-corrected chi connectivity index (χ1v) is 9.56. The second-order valence-electron chi connectivity index (χ2n) is 6.43. The van der Waals surface area contributed by atoms with Crippen molar-refractivity contribution in [3.8, 4) is 0 Å². The molecule has 1 N–H and O–H groups in total. The Bertz CT molecular complexity index is 546. The van der Waals surface area contributed by atoms with Crippen molar-refractivity contribution in [1.29, 1.82) is 0 Å². The van der Waals surface area contributed by atoms with E-state index in [-0.39, 0.29) is 11.8 Å². The first-order chi connectivity index (χ1) is 11.5. The Morgan fingerprint density at radius 3 is 3.00 bits per heavy atom. The fraction of sp³-hybridized carbons (Fsp3) is 0.706. The van der Waals surface area contributed by atoms with Gasteiger partial charge in [0.1, 0.15) is 0 Å². The van der Waals surface area contributed by atoms with Crippen molar-refractivity contribution in [3.63, 3.8) is 0 Å².